The standard InChI is InChI=1S/C25H29Cl2FN2O5/c26-16-1-7-20(8-2-16)33-14-19(31)12-29-17-3-5-18(6-4-17)30-13-22(35-25(30)32)15-34-21-9-10-23(27)24(28)11-21/h1-2,7-11,17-19,22,29,31H,3-6,12-15H2. The van der Waals surface area contributed by atoms with Crippen LogP contribution in [0.3, 0.4) is 0 Å². The number of halogens is 3. The number of hydrogen-bond donors (Lipinski definition) is 2. The first-order valence-corrected chi connectivity index (χ1v) is 12.5. The van der Waals surface area contributed by atoms with E-state index in [1.165, 1.54) is 12.1 Å². The second kappa shape index (κ2) is 12.1. The average molecular weight is 527 g/mol. The lowest BCUT2D eigenvalue weighted by atomic mass is 9.90. The molecule has 1 aliphatic carbocycles. The van der Waals surface area contributed by atoms with E-state index in [4.69, 9.17) is 37.4 Å². The Labute approximate surface area is 214 Å². The quantitative estimate of drug-likeness (QED) is 0.468. The molecule has 35 heavy (non-hydrogen) atoms. The minimum Gasteiger partial charge on any atom is -0.491 e. The molecule has 1 heterocycles. The number of nitrogens with zero attached hydrogens (tertiary/aromatic N) is 1. The molecule has 4 rings (SSSR count). The summed E-state index contributed by atoms with van der Waals surface area (Å²) in [5.41, 5.74) is 0. The van der Waals surface area contributed by atoms with Crippen LogP contribution in [0.4, 0.5) is 9.18 Å². The molecule has 1 amide bonds. The van der Waals surface area contributed by atoms with Crippen LogP contribution in [-0.2, 0) is 4.74 Å². The third kappa shape index (κ3) is 7.36. The zero-order valence-corrected chi connectivity index (χ0v) is 20.7. The molecule has 1 saturated heterocycles. The molecule has 0 aromatic heterocycles. The number of rotatable bonds is 10. The van der Waals surface area contributed by atoms with E-state index in [1.807, 2.05) is 0 Å². The average Bonchev–Trinajstić information content (AvgIpc) is 3.24. The van der Waals surface area contributed by atoms with Crippen molar-refractivity contribution >= 4 is 29.3 Å². The molecule has 7 nitrogen and oxygen atoms in total. The molecule has 2 aromatic rings. The van der Waals surface area contributed by atoms with E-state index in [2.05, 4.69) is 5.32 Å². The first kappa shape index (κ1) is 25.8. The molecular formula is C25H29Cl2FN2O5. The van der Waals surface area contributed by atoms with Crippen molar-refractivity contribution in [1.29, 1.82) is 0 Å². The number of aliphatic hydroxyl groups is 1. The van der Waals surface area contributed by atoms with Gasteiger partial charge in [0.15, 0.2) is 6.10 Å². The number of benzene rings is 2. The van der Waals surface area contributed by atoms with Gasteiger partial charge in [-0.2, -0.15) is 0 Å². The topological polar surface area (TPSA) is 80.3 Å². The Balaban J connectivity index is 1.14. The summed E-state index contributed by atoms with van der Waals surface area (Å²) in [6.45, 7) is 1.21. The summed E-state index contributed by atoms with van der Waals surface area (Å²) in [7, 11) is 0. The highest BCUT2D eigenvalue weighted by atomic mass is 35.5. The lowest BCUT2D eigenvalue weighted by Gasteiger charge is -2.34. The van der Waals surface area contributed by atoms with Crippen molar-refractivity contribution in [3.8, 4) is 11.5 Å². The molecule has 1 aliphatic heterocycles. The molecular weight excluding hydrogens is 498 g/mol. The fraction of sp³-hybridized carbons (Fsp3) is 0.480. The van der Waals surface area contributed by atoms with E-state index in [9.17, 15) is 14.3 Å². The highest BCUT2D eigenvalue weighted by molar-refractivity contribution is 6.30. The Hall–Kier alpha value is -2.26. The van der Waals surface area contributed by atoms with Crippen molar-refractivity contribution in [1.82, 2.24) is 10.2 Å². The largest absolute Gasteiger partial charge is 0.491 e. The number of aliphatic hydroxyl groups excluding tert-OH is 1. The Morgan fingerprint density at radius 1 is 1.09 bits per heavy atom. The number of hydrogen-bond acceptors (Lipinski definition) is 6. The minimum atomic E-state index is -0.633. The maximum Gasteiger partial charge on any atom is 0.410 e. The summed E-state index contributed by atoms with van der Waals surface area (Å²) in [5, 5.41) is 14.3. The second-order valence-corrected chi connectivity index (χ2v) is 9.72. The van der Waals surface area contributed by atoms with Crippen molar-refractivity contribution in [3.63, 3.8) is 0 Å². The van der Waals surface area contributed by atoms with Crippen LogP contribution in [0.25, 0.3) is 0 Å². The van der Waals surface area contributed by atoms with Gasteiger partial charge in [-0.1, -0.05) is 23.2 Å². The molecule has 2 N–H and O–H groups in total. The third-order valence-corrected chi connectivity index (χ3v) is 6.82. The van der Waals surface area contributed by atoms with Crippen LogP contribution in [0.2, 0.25) is 10.0 Å². The van der Waals surface area contributed by atoms with Crippen LogP contribution >= 0.6 is 23.2 Å². The monoisotopic (exact) mass is 526 g/mol. The van der Waals surface area contributed by atoms with Gasteiger partial charge in [-0.25, -0.2) is 9.18 Å². The highest BCUT2D eigenvalue weighted by Crippen LogP contribution is 2.28. The molecule has 1 saturated carbocycles. The maximum atomic E-state index is 13.6. The van der Waals surface area contributed by atoms with Crippen LogP contribution < -0.4 is 14.8 Å². The molecule has 0 radical (unpaired) electrons. The molecule has 2 fully saturated rings. The molecule has 2 aromatic carbocycles. The zero-order chi connectivity index (χ0) is 24.8. The highest BCUT2D eigenvalue weighted by Gasteiger charge is 2.38. The van der Waals surface area contributed by atoms with Gasteiger partial charge >= 0.3 is 6.09 Å². The summed E-state index contributed by atoms with van der Waals surface area (Å²) in [6, 6.07) is 11.6. The molecule has 2 unspecified atom stereocenters. The Kier molecular flexibility index (Phi) is 8.94. The van der Waals surface area contributed by atoms with Gasteiger partial charge < -0.3 is 29.5 Å². The maximum absolute atomic E-state index is 13.6. The normalized spacial score (nSPS) is 23.1. The number of nitrogens with one attached hydrogen (secondary N) is 1. The fourth-order valence-corrected chi connectivity index (χ4v) is 4.60. The van der Waals surface area contributed by atoms with Gasteiger partial charge in [-0.3, -0.25) is 0 Å². The summed E-state index contributed by atoms with van der Waals surface area (Å²) < 4.78 is 30.2. The van der Waals surface area contributed by atoms with Gasteiger partial charge in [-0.15, -0.1) is 0 Å². The van der Waals surface area contributed by atoms with E-state index in [0.29, 0.717) is 29.6 Å². The number of amides is 1. The molecule has 2 atom stereocenters. The van der Waals surface area contributed by atoms with Crippen molar-refractivity contribution in [2.24, 2.45) is 0 Å². The summed E-state index contributed by atoms with van der Waals surface area (Å²) >= 11 is 11.5. The van der Waals surface area contributed by atoms with Gasteiger partial charge in [0.1, 0.15) is 36.6 Å². The van der Waals surface area contributed by atoms with E-state index < -0.39 is 18.0 Å². The Bertz CT molecular complexity index is 988. The van der Waals surface area contributed by atoms with Crippen molar-refractivity contribution in [2.45, 2.75) is 50.0 Å². The zero-order valence-electron chi connectivity index (χ0n) is 19.2. The number of carbonyl (C=O) groups excluding carboxylic acids is 1. The number of cyclic esters (lactones) is 1. The molecule has 0 spiro atoms. The molecule has 2 aliphatic rings. The van der Waals surface area contributed by atoms with E-state index in [1.54, 1.807) is 35.2 Å². The van der Waals surface area contributed by atoms with Crippen molar-refractivity contribution < 1.29 is 28.5 Å². The molecule has 190 valence electrons. The van der Waals surface area contributed by atoms with Gasteiger partial charge in [0.05, 0.1) is 11.6 Å². The lowest BCUT2D eigenvalue weighted by Crippen LogP contribution is -2.45. The van der Waals surface area contributed by atoms with Crippen molar-refractivity contribution in [3.05, 3.63) is 58.3 Å². The number of ether oxygens (including phenoxy) is 3. The first-order chi connectivity index (χ1) is 16.9. The Morgan fingerprint density at radius 2 is 1.80 bits per heavy atom. The van der Waals surface area contributed by atoms with Crippen LogP contribution in [0, 0.1) is 5.82 Å². The van der Waals surface area contributed by atoms with Crippen LogP contribution in [-0.4, -0.2) is 66.7 Å². The van der Waals surface area contributed by atoms with Crippen LogP contribution in [0.15, 0.2) is 42.5 Å². The van der Waals surface area contributed by atoms with Gasteiger partial charge in [0.25, 0.3) is 0 Å². The van der Waals surface area contributed by atoms with Crippen LogP contribution in [0.5, 0.6) is 11.5 Å². The fourth-order valence-electron chi connectivity index (χ4n) is 4.36. The summed E-state index contributed by atoms with van der Waals surface area (Å²) in [6.07, 6.45) is 2.10. The Morgan fingerprint density at radius 3 is 2.51 bits per heavy atom. The first-order valence-electron chi connectivity index (χ1n) is 11.7. The summed E-state index contributed by atoms with van der Waals surface area (Å²) in [5.74, 6) is 0.449. The van der Waals surface area contributed by atoms with E-state index >= 15 is 0 Å². The minimum absolute atomic E-state index is 0.0293. The number of carbonyl (C=O) groups is 1. The third-order valence-electron chi connectivity index (χ3n) is 6.26. The molecule has 0 bridgehead atoms. The van der Waals surface area contributed by atoms with Crippen LogP contribution in [0.1, 0.15) is 25.7 Å². The SMILES string of the molecule is O=C1OC(COc2ccc(Cl)c(F)c2)CN1C1CCC(NCC(O)COc2ccc(Cl)cc2)CC1. The molecule has 10 heteroatoms. The second-order valence-electron chi connectivity index (χ2n) is 8.88. The summed E-state index contributed by atoms with van der Waals surface area (Å²) in [4.78, 5) is 14.2. The van der Waals surface area contributed by atoms with E-state index in [0.717, 1.165) is 25.7 Å². The predicted molar refractivity (Wildman–Crippen MR) is 131 cm³/mol. The van der Waals surface area contributed by atoms with Crippen molar-refractivity contribution in [2.75, 3.05) is 26.3 Å². The predicted octanol–water partition coefficient (Wildman–Crippen LogP) is 4.67. The smallest absolute Gasteiger partial charge is 0.410 e. The van der Waals surface area contributed by atoms with Gasteiger partial charge in [0, 0.05) is 29.7 Å². The van der Waals surface area contributed by atoms with E-state index in [-0.39, 0.29) is 36.4 Å². The van der Waals surface area contributed by atoms with Gasteiger partial charge in [0.2, 0.25) is 0 Å². The lowest BCUT2D eigenvalue weighted by molar-refractivity contribution is 0.0961. The van der Waals surface area contributed by atoms with Gasteiger partial charge in [-0.05, 0) is 62.1 Å².